The molecule has 1 aliphatic rings. The van der Waals surface area contributed by atoms with E-state index >= 15 is 0 Å². The molecule has 1 aromatic carbocycles. The first-order valence-electron chi connectivity index (χ1n) is 5.59. The molecule has 0 aromatic heterocycles. The van der Waals surface area contributed by atoms with Crippen LogP contribution in [-0.4, -0.2) is 13.7 Å². The molecule has 0 radical (unpaired) electrons. The van der Waals surface area contributed by atoms with Crippen LogP contribution in [0.2, 0.25) is 0 Å². The Morgan fingerprint density at radius 2 is 2.12 bits per heavy atom. The van der Waals surface area contributed by atoms with Crippen molar-refractivity contribution in [3.63, 3.8) is 0 Å². The van der Waals surface area contributed by atoms with Crippen LogP contribution in [0.4, 0.5) is 0 Å². The third-order valence-electron chi connectivity index (χ3n) is 3.10. The average molecular weight is 236 g/mol. The molecule has 0 spiro atoms. The van der Waals surface area contributed by atoms with Crippen molar-refractivity contribution in [2.45, 2.75) is 35.8 Å². The van der Waals surface area contributed by atoms with Crippen molar-refractivity contribution in [3.8, 4) is 0 Å². The Morgan fingerprint density at radius 3 is 2.81 bits per heavy atom. The van der Waals surface area contributed by atoms with Crippen LogP contribution in [0.3, 0.4) is 0 Å². The first kappa shape index (κ1) is 11.4. The van der Waals surface area contributed by atoms with Crippen molar-refractivity contribution in [2.75, 3.05) is 0 Å². The lowest BCUT2D eigenvalue weighted by Crippen LogP contribution is -2.16. The van der Waals surface area contributed by atoms with Crippen LogP contribution >= 0.6 is 0 Å². The monoisotopic (exact) mass is 236 g/mol. The summed E-state index contributed by atoms with van der Waals surface area (Å²) < 4.78 is 24.3. The zero-order valence-electron chi connectivity index (χ0n) is 9.22. The zero-order valence-corrected chi connectivity index (χ0v) is 10.0. The Labute approximate surface area is 96.9 Å². The third-order valence-corrected chi connectivity index (χ3v) is 5.39. The second kappa shape index (κ2) is 4.42. The molecule has 2 nitrogen and oxygen atoms in total. The molecule has 0 N–H and O–H groups in total. The van der Waals surface area contributed by atoms with Crippen molar-refractivity contribution in [1.29, 1.82) is 0 Å². The number of allylic oxidation sites excluding steroid dienone is 1. The maximum Gasteiger partial charge on any atom is 0.181 e. The van der Waals surface area contributed by atoms with Gasteiger partial charge in [-0.05, 0) is 37.3 Å². The summed E-state index contributed by atoms with van der Waals surface area (Å²) in [5.41, 5.74) is 0.978. The van der Waals surface area contributed by atoms with Crippen LogP contribution in [0.25, 0.3) is 0 Å². The lowest BCUT2D eigenvalue weighted by Gasteiger charge is -2.07. The van der Waals surface area contributed by atoms with Crippen molar-refractivity contribution >= 4 is 9.84 Å². The number of fused-ring (bicyclic) bond motifs is 1. The molecule has 0 aliphatic carbocycles. The molecule has 1 unspecified atom stereocenters. The van der Waals surface area contributed by atoms with E-state index in [0.717, 1.165) is 24.8 Å². The first-order valence-corrected chi connectivity index (χ1v) is 7.13. The highest BCUT2D eigenvalue weighted by atomic mass is 32.2. The molecule has 2 rings (SSSR count). The summed E-state index contributed by atoms with van der Waals surface area (Å²) in [5.74, 6) is 0. The number of unbranched alkanes of at least 4 members (excludes halogenated alkanes) is 1. The maximum atomic E-state index is 12.2. The molecule has 0 fully saturated rings. The molecule has 86 valence electrons. The largest absolute Gasteiger partial charge is 0.223 e. The minimum Gasteiger partial charge on any atom is -0.223 e. The molecular formula is C13H16O2S. The Bertz CT molecular complexity index is 488. The predicted molar refractivity (Wildman–Crippen MR) is 65.2 cm³/mol. The van der Waals surface area contributed by atoms with Crippen LogP contribution in [0.15, 0.2) is 41.8 Å². The Morgan fingerprint density at radius 1 is 1.38 bits per heavy atom. The highest BCUT2D eigenvalue weighted by molar-refractivity contribution is 7.92. The van der Waals surface area contributed by atoms with Crippen molar-refractivity contribution in [3.05, 3.63) is 42.5 Å². The van der Waals surface area contributed by atoms with Crippen molar-refractivity contribution in [2.24, 2.45) is 0 Å². The van der Waals surface area contributed by atoms with E-state index in [1.165, 1.54) is 0 Å². The molecule has 0 saturated carbocycles. The van der Waals surface area contributed by atoms with Gasteiger partial charge in [-0.25, -0.2) is 8.42 Å². The molecule has 3 heteroatoms. The zero-order chi connectivity index (χ0) is 11.6. The van der Waals surface area contributed by atoms with E-state index in [1.54, 1.807) is 12.1 Å². The van der Waals surface area contributed by atoms with Crippen molar-refractivity contribution < 1.29 is 8.42 Å². The number of benzene rings is 1. The summed E-state index contributed by atoms with van der Waals surface area (Å²) in [4.78, 5) is 0.540. The predicted octanol–water partition coefficient (Wildman–Crippen LogP) is 2.74. The van der Waals surface area contributed by atoms with Gasteiger partial charge in [0, 0.05) is 0 Å². The fourth-order valence-electron chi connectivity index (χ4n) is 2.23. The Balaban J connectivity index is 2.20. The van der Waals surface area contributed by atoms with E-state index in [2.05, 4.69) is 6.58 Å². The minimum atomic E-state index is -3.06. The smallest absolute Gasteiger partial charge is 0.181 e. The minimum absolute atomic E-state index is 0.218. The summed E-state index contributed by atoms with van der Waals surface area (Å²) in [6.45, 7) is 3.65. The highest BCUT2D eigenvalue weighted by Gasteiger charge is 2.35. The second-order valence-electron chi connectivity index (χ2n) is 4.20. The molecule has 0 amide bonds. The summed E-state index contributed by atoms with van der Waals surface area (Å²) in [5, 5.41) is -0.218. The molecule has 1 atom stereocenters. The normalized spacial score (nSPS) is 21.6. The van der Waals surface area contributed by atoms with E-state index < -0.39 is 9.84 Å². The van der Waals surface area contributed by atoms with E-state index in [0.29, 0.717) is 11.3 Å². The highest BCUT2D eigenvalue weighted by Crippen LogP contribution is 2.33. The van der Waals surface area contributed by atoms with E-state index in [1.807, 2.05) is 18.2 Å². The average Bonchev–Trinajstić information content (AvgIpc) is 2.52. The van der Waals surface area contributed by atoms with Crippen molar-refractivity contribution in [1.82, 2.24) is 0 Å². The molecule has 0 saturated heterocycles. The van der Waals surface area contributed by atoms with Gasteiger partial charge in [-0.3, -0.25) is 0 Å². The second-order valence-corrected chi connectivity index (χ2v) is 6.39. The van der Waals surface area contributed by atoms with Gasteiger partial charge >= 0.3 is 0 Å². The molecule has 1 aliphatic heterocycles. The van der Waals surface area contributed by atoms with Crippen LogP contribution in [-0.2, 0) is 16.3 Å². The summed E-state index contributed by atoms with van der Waals surface area (Å²) in [6.07, 6.45) is 5.05. The molecular weight excluding hydrogens is 220 g/mol. The number of sulfone groups is 1. The van der Waals surface area contributed by atoms with E-state index in [4.69, 9.17) is 0 Å². The van der Waals surface area contributed by atoms with Gasteiger partial charge in [0.15, 0.2) is 9.84 Å². The van der Waals surface area contributed by atoms with Crippen LogP contribution in [0.5, 0.6) is 0 Å². The standard InChI is InChI=1S/C13H16O2S/c1-2-3-4-8-12-10-11-7-5-6-9-13(11)16(12,14)15/h2,5-7,9,12H,1,3-4,8,10H2. The van der Waals surface area contributed by atoms with Gasteiger partial charge in [0.1, 0.15) is 0 Å². The third kappa shape index (κ3) is 1.92. The summed E-state index contributed by atoms with van der Waals surface area (Å²) in [6, 6.07) is 7.33. The van der Waals surface area contributed by atoms with E-state index in [9.17, 15) is 8.42 Å². The van der Waals surface area contributed by atoms with Crippen LogP contribution in [0.1, 0.15) is 24.8 Å². The number of hydrogen-bond acceptors (Lipinski definition) is 2. The molecule has 1 aromatic rings. The van der Waals surface area contributed by atoms with Crippen LogP contribution in [0, 0.1) is 0 Å². The van der Waals surface area contributed by atoms with Gasteiger partial charge in [-0.2, -0.15) is 0 Å². The van der Waals surface area contributed by atoms with Gasteiger partial charge in [0.25, 0.3) is 0 Å². The number of hydrogen-bond donors (Lipinski definition) is 0. The van der Waals surface area contributed by atoms with Gasteiger partial charge in [-0.1, -0.05) is 24.3 Å². The van der Waals surface area contributed by atoms with E-state index in [-0.39, 0.29) is 5.25 Å². The first-order chi connectivity index (χ1) is 7.66. The van der Waals surface area contributed by atoms with Gasteiger partial charge < -0.3 is 0 Å². The topological polar surface area (TPSA) is 34.1 Å². The fourth-order valence-corrected chi connectivity index (χ4v) is 4.25. The number of rotatable bonds is 4. The summed E-state index contributed by atoms with van der Waals surface area (Å²) in [7, 11) is -3.06. The van der Waals surface area contributed by atoms with Gasteiger partial charge in [-0.15, -0.1) is 6.58 Å². The van der Waals surface area contributed by atoms with Gasteiger partial charge in [0.05, 0.1) is 10.1 Å². The molecule has 0 bridgehead atoms. The maximum absolute atomic E-state index is 12.2. The lowest BCUT2D eigenvalue weighted by atomic mass is 10.1. The molecule has 1 heterocycles. The molecule has 16 heavy (non-hydrogen) atoms. The SMILES string of the molecule is C=CCCCC1Cc2ccccc2S1(=O)=O. The fraction of sp³-hybridized carbons (Fsp3) is 0.385. The quantitative estimate of drug-likeness (QED) is 0.595. The summed E-state index contributed by atoms with van der Waals surface area (Å²) >= 11 is 0. The Hall–Kier alpha value is -1.09. The van der Waals surface area contributed by atoms with Gasteiger partial charge in [0.2, 0.25) is 0 Å². The lowest BCUT2D eigenvalue weighted by molar-refractivity contribution is 0.575. The Kier molecular flexibility index (Phi) is 3.15. The van der Waals surface area contributed by atoms with Crippen LogP contribution < -0.4 is 0 Å².